The lowest BCUT2D eigenvalue weighted by molar-refractivity contribution is -0.137. The Balaban J connectivity index is 2.44. The predicted octanol–water partition coefficient (Wildman–Crippen LogP) is 1.60. The molecule has 17 heavy (non-hydrogen) atoms. The zero-order chi connectivity index (χ0) is 12.8. The maximum atomic E-state index is 11.9. The van der Waals surface area contributed by atoms with Gasteiger partial charge in [-0.15, -0.1) is 0 Å². The van der Waals surface area contributed by atoms with Crippen LogP contribution in [0, 0.1) is 0 Å². The summed E-state index contributed by atoms with van der Waals surface area (Å²) >= 11 is 0. The van der Waals surface area contributed by atoms with Crippen LogP contribution in [0.4, 0.5) is 4.79 Å². The second-order valence-electron chi connectivity index (χ2n) is 4.52. The van der Waals surface area contributed by atoms with Crippen molar-refractivity contribution < 1.29 is 14.7 Å². The van der Waals surface area contributed by atoms with Crippen molar-refractivity contribution in [2.45, 2.75) is 45.2 Å². The van der Waals surface area contributed by atoms with Crippen molar-refractivity contribution in [3.63, 3.8) is 0 Å². The predicted molar refractivity (Wildman–Crippen MR) is 64.8 cm³/mol. The molecule has 0 bridgehead atoms. The van der Waals surface area contributed by atoms with Crippen LogP contribution < -0.4 is 5.32 Å². The molecule has 2 amide bonds. The zero-order valence-electron chi connectivity index (χ0n) is 10.3. The minimum atomic E-state index is -0.883. The lowest BCUT2D eigenvalue weighted by atomic mass is 10.2. The first kappa shape index (κ1) is 13.5. The summed E-state index contributed by atoms with van der Waals surface area (Å²) in [5, 5.41) is 11.6. The number of urea groups is 1. The topological polar surface area (TPSA) is 69.6 Å². The number of nitrogens with one attached hydrogen (secondary N) is 1. The van der Waals surface area contributed by atoms with Gasteiger partial charge in [-0.3, -0.25) is 4.79 Å². The van der Waals surface area contributed by atoms with Crippen molar-refractivity contribution in [2.24, 2.45) is 0 Å². The van der Waals surface area contributed by atoms with E-state index in [2.05, 4.69) is 5.32 Å². The highest BCUT2D eigenvalue weighted by Crippen LogP contribution is 2.10. The largest absolute Gasteiger partial charge is 0.481 e. The Morgan fingerprint density at radius 3 is 2.47 bits per heavy atom. The van der Waals surface area contributed by atoms with Gasteiger partial charge in [0.2, 0.25) is 0 Å². The van der Waals surface area contributed by atoms with Crippen molar-refractivity contribution in [3.8, 4) is 0 Å². The Labute approximate surface area is 101 Å². The quantitative estimate of drug-likeness (QED) is 0.717. The summed E-state index contributed by atoms with van der Waals surface area (Å²) in [5.74, 6) is -0.883. The lowest BCUT2D eigenvalue weighted by Crippen LogP contribution is -2.47. The highest BCUT2D eigenvalue weighted by molar-refractivity contribution is 5.76. The second-order valence-corrected chi connectivity index (χ2v) is 4.52. The highest BCUT2D eigenvalue weighted by atomic mass is 16.4. The first-order chi connectivity index (χ1) is 8.00. The maximum Gasteiger partial charge on any atom is 0.317 e. The molecule has 5 nitrogen and oxygen atoms in total. The van der Waals surface area contributed by atoms with E-state index in [0.717, 1.165) is 12.8 Å². The Kier molecular flexibility index (Phi) is 5.00. The maximum absolute atomic E-state index is 11.9. The fourth-order valence-corrected chi connectivity index (χ4v) is 1.80. The van der Waals surface area contributed by atoms with Crippen LogP contribution in [0.5, 0.6) is 0 Å². The summed E-state index contributed by atoms with van der Waals surface area (Å²) in [4.78, 5) is 24.0. The fourth-order valence-electron chi connectivity index (χ4n) is 1.80. The molecular formula is C12H20N2O3. The summed E-state index contributed by atoms with van der Waals surface area (Å²) in [5.41, 5.74) is 0. The normalized spacial score (nSPS) is 15.2. The summed E-state index contributed by atoms with van der Waals surface area (Å²) in [6, 6.07) is -0.00718. The first-order valence-corrected chi connectivity index (χ1v) is 5.94. The van der Waals surface area contributed by atoms with E-state index < -0.39 is 5.97 Å². The van der Waals surface area contributed by atoms with E-state index in [1.165, 1.54) is 0 Å². The molecule has 0 fully saturated rings. The molecule has 96 valence electrons. The molecule has 0 saturated carbocycles. The van der Waals surface area contributed by atoms with E-state index in [4.69, 9.17) is 5.11 Å². The molecule has 0 saturated heterocycles. The number of rotatable bonds is 5. The average Bonchev–Trinajstić information content (AvgIpc) is 2.69. The van der Waals surface area contributed by atoms with Crippen LogP contribution in [0.15, 0.2) is 12.2 Å². The molecular weight excluding hydrogens is 220 g/mol. The monoisotopic (exact) mass is 240 g/mol. The first-order valence-electron chi connectivity index (χ1n) is 5.94. The summed E-state index contributed by atoms with van der Waals surface area (Å²) < 4.78 is 0. The van der Waals surface area contributed by atoms with E-state index >= 15 is 0 Å². The molecule has 0 aromatic rings. The number of carboxylic acid groups (broad SMARTS) is 1. The van der Waals surface area contributed by atoms with Crippen molar-refractivity contribution in [1.82, 2.24) is 10.2 Å². The highest BCUT2D eigenvalue weighted by Gasteiger charge is 2.21. The van der Waals surface area contributed by atoms with Crippen LogP contribution in [0.1, 0.15) is 33.1 Å². The number of carboxylic acids is 1. The second kappa shape index (κ2) is 6.27. The van der Waals surface area contributed by atoms with Crippen molar-refractivity contribution in [3.05, 3.63) is 12.2 Å². The lowest BCUT2D eigenvalue weighted by Gasteiger charge is -2.28. The van der Waals surface area contributed by atoms with Crippen LogP contribution >= 0.6 is 0 Å². The van der Waals surface area contributed by atoms with E-state index in [1.807, 2.05) is 26.0 Å². The number of aliphatic carboxylic acids is 1. The van der Waals surface area contributed by atoms with Gasteiger partial charge < -0.3 is 15.3 Å². The average molecular weight is 240 g/mol. The molecule has 0 unspecified atom stereocenters. The number of amides is 2. The SMILES string of the molecule is CC(C)N(CCC(=O)O)C(=O)NC1CC=CC1. The van der Waals surface area contributed by atoms with Gasteiger partial charge in [0, 0.05) is 18.6 Å². The molecule has 0 aromatic heterocycles. The van der Waals surface area contributed by atoms with Gasteiger partial charge >= 0.3 is 12.0 Å². The minimum Gasteiger partial charge on any atom is -0.481 e. The van der Waals surface area contributed by atoms with E-state index in [-0.39, 0.29) is 31.1 Å². The fraction of sp³-hybridized carbons (Fsp3) is 0.667. The smallest absolute Gasteiger partial charge is 0.317 e. The molecule has 0 radical (unpaired) electrons. The van der Waals surface area contributed by atoms with Gasteiger partial charge in [0.15, 0.2) is 0 Å². The molecule has 1 rings (SSSR count). The van der Waals surface area contributed by atoms with E-state index in [9.17, 15) is 9.59 Å². The van der Waals surface area contributed by atoms with Crippen molar-refractivity contribution in [2.75, 3.05) is 6.54 Å². The summed E-state index contributed by atoms with van der Waals surface area (Å²) in [7, 11) is 0. The molecule has 0 heterocycles. The third-order valence-electron chi connectivity index (χ3n) is 2.79. The van der Waals surface area contributed by atoms with Crippen molar-refractivity contribution >= 4 is 12.0 Å². The number of carbonyl (C=O) groups is 2. The number of nitrogens with zero attached hydrogens (tertiary/aromatic N) is 1. The molecule has 1 aliphatic carbocycles. The van der Waals surface area contributed by atoms with Gasteiger partial charge in [0.05, 0.1) is 6.42 Å². The van der Waals surface area contributed by atoms with Crippen LogP contribution in [-0.4, -0.2) is 40.6 Å². The van der Waals surface area contributed by atoms with Crippen LogP contribution in [0.3, 0.4) is 0 Å². The van der Waals surface area contributed by atoms with Gasteiger partial charge in [-0.05, 0) is 26.7 Å². The number of hydrogen-bond acceptors (Lipinski definition) is 2. The molecule has 0 spiro atoms. The molecule has 2 N–H and O–H groups in total. The molecule has 5 heteroatoms. The number of carbonyl (C=O) groups excluding carboxylic acids is 1. The zero-order valence-corrected chi connectivity index (χ0v) is 10.3. The molecule has 0 aromatic carbocycles. The van der Waals surface area contributed by atoms with E-state index in [0.29, 0.717) is 0 Å². The third-order valence-corrected chi connectivity index (χ3v) is 2.79. The van der Waals surface area contributed by atoms with E-state index in [1.54, 1.807) is 4.90 Å². The Morgan fingerprint density at radius 2 is 2.00 bits per heavy atom. The standard InChI is InChI=1S/C12H20N2O3/c1-9(2)14(8-7-11(15)16)12(17)13-10-5-3-4-6-10/h3-4,9-10H,5-8H2,1-2H3,(H,13,17)(H,15,16). The Hall–Kier alpha value is -1.52. The van der Waals surface area contributed by atoms with Gasteiger partial charge in [0.1, 0.15) is 0 Å². The van der Waals surface area contributed by atoms with Gasteiger partial charge in [-0.2, -0.15) is 0 Å². The van der Waals surface area contributed by atoms with Gasteiger partial charge in [0.25, 0.3) is 0 Å². The third kappa shape index (κ3) is 4.46. The number of hydrogen-bond donors (Lipinski definition) is 2. The van der Waals surface area contributed by atoms with Crippen LogP contribution in [0.2, 0.25) is 0 Å². The Bertz CT molecular complexity index is 305. The minimum absolute atomic E-state index is 0.00344. The molecule has 1 aliphatic rings. The van der Waals surface area contributed by atoms with Gasteiger partial charge in [-0.25, -0.2) is 4.79 Å². The van der Waals surface area contributed by atoms with Crippen LogP contribution in [0.25, 0.3) is 0 Å². The summed E-state index contributed by atoms with van der Waals surface area (Å²) in [6.07, 6.45) is 5.78. The van der Waals surface area contributed by atoms with Crippen molar-refractivity contribution in [1.29, 1.82) is 0 Å². The molecule has 0 atom stereocenters. The van der Waals surface area contributed by atoms with Gasteiger partial charge in [-0.1, -0.05) is 12.2 Å². The van der Waals surface area contributed by atoms with Crippen LogP contribution in [-0.2, 0) is 4.79 Å². The summed E-state index contributed by atoms with van der Waals surface area (Å²) in [6.45, 7) is 4.02. The Morgan fingerprint density at radius 1 is 1.41 bits per heavy atom. The molecule has 0 aliphatic heterocycles.